The Balaban J connectivity index is 2.10. The van der Waals surface area contributed by atoms with Crippen LogP contribution in [0.15, 0.2) is 28.7 Å². The first-order valence-corrected chi connectivity index (χ1v) is 8.10. The molecule has 1 saturated heterocycles. The molecule has 2 unspecified atom stereocenters. The maximum atomic E-state index is 12.6. The molecule has 1 aromatic carbocycles. The molecule has 1 aromatic rings. The molecule has 0 bridgehead atoms. The number of carbonyl (C=O) groups is 2. The van der Waals surface area contributed by atoms with Gasteiger partial charge in [-0.3, -0.25) is 4.79 Å². The third-order valence-corrected chi connectivity index (χ3v) is 4.53. The van der Waals surface area contributed by atoms with Crippen molar-refractivity contribution in [2.45, 2.75) is 38.6 Å². The molecule has 0 radical (unpaired) electrons. The molecule has 1 aliphatic heterocycles. The van der Waals surface area contributed by atoms with Crippen molar-refractivity contribution in [2.75, 3.05) is 6.54 Å². The second kappa shape index (κ2) is 7.07. The molecule has 114 valence electrons. The van der Waals surface area contributed by atoms with E-state index in [1.807, 2.05) is 31.2 Å². The van der Waals surface area contributed by atoms with Gasteiger partial charge in [-0.05, 0) is 43.4 Å². The molecule has 1 N–H and O–H groups in total. The van der Waals surface area contributed by atoms with Crippen molar-refractivity contribution < 1.29 is 14.7 Å². The summed E-state index contributed by atoms with van der Waals surface area (Å²) in [4.78, 5) is 25.4. The van der Waals surface area contributed by atoms with Gasteiger partial charge in [0.2, 0.25) is 5.91 Å². The van der Waals surface area contributed by atoms with Gasteiger partial charge in [0.25, 0.3) is 0 Å². The number of nitrogens with zero attached hydrogens (tertiary/aromatic N) is 1. The van der Waals surface area contributed by atoms with Gasteiger partial charge in [-0.25, -0.2) is 4.79 Å². The quantitative estimate of drug-likeness (QED) is 0.884. The number of carbonyl (C=O) groups excluding carboxylic acids is 1. The number of hydrogen-bond acceptors (Lipinski definition) is 2. The van der Waals surface area contributed by atoms with Crippen LogP contribution in [0.2, 0.25) is 0 Å². The van der Waals surface area contributed by atoms with Gasteiger partial charge in [0.05, 0.1) is 0 Å². The summed E-state index contributed by atoms with van der Waals surface area (Å²) < 4.78 is 0.992. The molecular formula is C16H20BrNO3. The SMILES string of the molecule is CCC(Cc1cccc(Br)c1)C(=O)N1CCCC1C(=O)O. The lowest BCUT2D eigenvalue weighted by Gasteiger charge is -2.26. The molecule has 21 heavy (non-hydrogen) atoms. The van der Waals surface area contributed by atoms with Gasteiger partial charge in [-0.15, -0.1) is 0 Å². The molecule has 0 saturated carbocycles. The molecule has 5 heteroatoms. The number of carboxylic acid groups (broad SMARTS) is 1. The predicted molar refractivity (Wildman–Crippen MR) is 84.0 cm³/mol. The number of aliphatic carboxylic acids is 1. The van der Waals surface area contributed by atoms with Crippen molar-refractivity contribution in [2.24, 2.45) is 5.92 Å². The number of rotatable bonds is 5. The third-order valence-electron chi connectivity index (χ3n) is 4.03. The number of carboxylic acids is 1. The summed E-state index contributed by atoms with van der Waals surface area (Å²) >= 11 is 3.43. The van der Waals surface area contributed by atoms with E-state index in [0.717, 1.165) is 16.5 Å². The topological polar surface area (TPSA) is 57.6 Å². The van der Waals surface area contributed by atoms with Gasteiger partial charge in [-0.1, -0.05) is 35.0 Å². The minimum absolute atomic E-state index is 0.0256. The summed E-state index contributed by atoms with van der Waals surface area (Å²) in [6.45, 7) is 2.54. The molecule has 0 spiro atoms. The molecule has 1 heterocycles. The average Bonchev–Trinajstić information content (AvgIpc) is 2.93. The van der Waals surface area contributed by atoms with Crippen molar-refractivity contribution in [1.29, 1.82) is 0 Å². The summed E-state index contributed by atoms with van der Waals surface area (Å²) in [5.74, 6) is -1.07. The number of amides is 1. The van der Waals surface area contributed by atoms with Crippen LogP contribution in [0.1, 0.15) is 31.7 Å². The third kappa shape index (κ3) is 3.84. The standard InChI is InChI=1S/C16H20BrNO3/c1-2-12(9-11-5-3-6-13(17)10-11)15(19)18-8-4-7-14(18)16(20)21/h3,5-6,10,12,14H,2,4,7-9H2,1H3,(H,20,21). The highest BCUT2D eigenvalue weighted by Gasteiger charge is 2.36. The van der Waals surface area contributed by atoms with E-state index in [1.165, 1.54) is 0 Å². The van der Waals surface area contributed by atoms with E-state index in [2.05, 4.69) is 15.9 Å². The second-order valence-corrected chi connectivity index (χ2v) is 6.38. The zero-order valence-electron chi connectivity index (χ0n) is 12.1. The first kappa shape index (κ1) is 16.0. The highest BCUT2D eigenvalue weighted by Crippen LogP contribution is 2.24. The van der Waals surface area contributed by atoms with Crippen LogP contribution >= 0.6 is 15.9 Å². The van der Waals surface area contributed by atoms with E-state index < -0.39 is 12.0 Å². The van der Waals surface area contributed by atoms with Crippen LogP contribution in [0.4, 0.5) is 0 Å². The number of hydrogen-bond donors (Lipinski definition) is 1. The first-order chi connectivity index (χ1) is 10.0. The molecule has 4 nitrogen and oxygen atoms in total. The molecule has 1 fully saturated rings. The van der Waals surface area contributed by atoms with Gasteiger partial charge >= 0.3 is 5.97 Å². The Hall–Kier alpha value is -1.36. The monoisotopic (exact) mass is 353 g/mol. The second-order valence-electron chi connectivity index (χ2n) is 5.47. The summed E-state index contributed by atoms with van der Waals surface area (Å²) in [7, 11) is 0. The maximum Gasteiger partial charge on any atom is 0.326 e. The van der Waals surface area contributed by atoms with Crippen LogP contribution in [0, 0.1) is 5.92 Å². The maximum absolute atomic E-state index is 12.6. The van der Waals surface area contributed by atoms with E-state index in [-0.39, 0.29) is 11.8 Å². The van der Waals surface area contributed by atoms with E-state index >= 15 is 0 Å². The predicted octanol–water partition coefficient (Wildman–Crippen LogP) is 3.09. The Labute approximate surface area is 133 Å². The van der Waals surface area contributed by atoms with Crippen LogP contribution in [0.25, 0.3) is 0 Å². The van der Waals surface area contributed by atoms with Crippen molar-refractivity contribution in [3.63, 3.8) is 0 Å². The Morgan fingerprint density at radius 3 is 2.86 bits per heavy atom. The average molecular weight is 354 g/mol. The lowest BCUT2D eigenvalue weighted by Crippen LogP contribution is -2.43. The molecule has 0 aromatic heterocycles. The van der Waals surface area contributed by atoms with Crippen LogP contribution in [0.3, 0.4) is 0 Å². The summed E-state index contributed by atoms with van der Waals surface area (Å²) in [5.41, 5.74) is 1.09. The van der Waals surface area contributed by atoms with Crippen molar-refractivity contribution in [3.8, 4) is 0 Å². The van der Waals surface area contributed by atoms with Crippen molar-refractivity contribution in [3.05, 3.63) is 34.3 Å². The minimum atomic E-state index is -0.891. The van der Waals surface area contributed by atoms with Gasteiger partial charge in [0, 0.05) is 16.9 Å². The largest absolute Gasteiger partial charge is 0.480 e. The Morgan fingerprint density at radius 2 is 2.24 bits per heavy atom. The van der Waals surface area contributed by atoms with Gasteiger partial charge in [-0.2, -0.15) is 0 Å². The zero-order valence-corrected chi connectivity index (χ0v) is 13.7. The van der Waals surface area contributed by atoms with E-state index in [0.29, 0.717) is 25.8 Å². The summed E-state index contributed by atoms with van der Waals surface area (Å²) in [6.07, 6.45) is 2.70. The van der Waals surface area contributed by atoms with Gasteiger partial charge in [0.1, 0.15) is 6.04 Å². The zero-order chi connectivity index (χ0) is 15.4. The van der Waals surface area contributed by atoms with Crippen LogP contribution < -0.4 is 0 Å². The van der Waals surface area contributed by atoms with Crippen molar-refractivity contribution >= 4 is 27.8 Å². The number of likely N-dealkylation sites (tertiary alicyclic amines) is 1. The lowest BCUT2D eigenvalue weighted by atomic mass is 9.95. The van der Waals surface area contributed by atoms with Crippen LogP contribution in [-0.4, -0.2) is 34.5 Å². The first-order valence-electron chi connectivity index (χ1n) is 7.30. The highest BCUT2D eigenvalue weighted by atomic mass is 79.9. The minimum Gasteiger partial charge on any atom is -0.480 e. The fourth-order valence-electron chi connectivity index (χ4n) is 2.88. The molecule has 1 amide bonds. The number of halogens is 1. The molecular weight excluding hydrogens is 334 g/mol. The Kier molecular flexibility index (Phi) is 5.39. The number of benzene rings is 1. The van der Waals surface area contributed by atoms with Crippen molar-refractivity contribution in [1.82, 2.24) is 4.90 Å². The van der Waals surface area contributed by atoms with Crippen LogP contribution in [-0.2, 0) is 16.0 Å². The fraction of sp³-hybridized carbons (Fsp3) is 0.500. The summed E-state index contributed by atoms with van der Waals surface area (Å²) in [5, 5.41) is 9.21. The molecule has 2 rings (SSSR count). The highest BCUT2D eigenvalue weighted by molar-refractivity contribution is 9.10. The molecule has 2 atom stereocenters. The molecule has 0 aliphatic carbocycles. The van der Waals surface area contributed by atoms with E-state index in [9.17, 15) is 14.7 Å². The summed E-state index contributed by atoms with van der Waals surface area (Å²) in [6, 6.07) is 7.27. The smallest absolute Gasteiger partial charge is 0.326 e. The lowest BCUT2D eigenvalue weighted by molar-refractivity contribution is -0.150. The van der Waals surface area contributed by atoms with E-state index in [4.69, 9.17) is 0 Å². The normalized spacial score (nSPS) is 19.5. The molecule has 1 aliphatic rings. The Bertz CT molecular complexity index is 532. The van der Waals surface area contributed by atoms with Crippen LogP contribution in [0.5, 0.6) is 0 Å². The van der Waals surface area contributed by atoms with E-state index in [1.54, 1.807) is 4.90 Å². The fourth-order valence-corrected chi connectivity index (χ4v) is 3.32. The Morgan fingerprint density at radius 1 is 1.48 bits per heavy atom. The van der Waals surface area contributed by atoms with Gasteiger partial charge < -0.3 is 10.0 Å². The van der Waals surface area contributed by atoms with Gasteiger partial charge in [0.15, 0.2) is 0 Å².